The van der Waals surface area contributed by atoms with Crippen LogP contribution < -0.4 is 10.6 Å². The van der Waals surface area contributed by atoms with Crippen molar-refractivity contribution in [1.82, 2.24) is 10.6 Å². The minimum absolute atomic E-state index is 0.113. The van der Waals surface area contributed by atoms with Crippen molar-refractivity contribution < 1.29 is 22.4 Å². The lowest BCUT2D eigenvalue weighted by molar-refractivity contribution is -0.169. The molecule has 78 valence electrons. The molecule has 7 heteroatoms. The lowest BCUT2D eigenvalue weighted by atomic mass is 10.3. The normalized spacial score (nSPS) is 11.8. The SMILES string of the molecule is CNCCNC(=O)C(F)(F)C(F)F. The number of hydrogen-bond donors (Lipinski definition) is 2. The van der Waals surface area contributed by atoms with E-state index < -0.39 is 18.3 Å². The molecular weight excluding hydrogens is 192 g/mol. The third kappa shape index (κ3) is 3.58. The van der Waals surface area contributed by atoms with Crippen LogP contribution in [0, 0.1) is 0 Å². The molecule has 1 amide bonds. The van der Waals surface area contributed by atoms with Crippen LogP contribution in [0.4, 0.5) is 17.6 Å². The van der Waals surface area contributed by atoms with Gasteiger partial charge in [-0.15, -0.1) is 0 Å². The highest BCUT2D eigenvalue weighted by Crippen LogP contribution is 2.22. The second-order valence-electron chi connectivity index (χ2n) is 2.28. The van der Waals surface area contributed by atoms with Crippen LogP contribution in [0.15, 0.2) is 0 Å². The molecule has 0 aromatic heterocycles. The molecule has 0 fully saturated rings. The zero-order chi connectivity index (χ0) is 10.5. The van der Waals surface area contributed by atoms with Gasteiger partial charge < -0.3 is 10.6 Å². The first-order chi connectivity index (χ1) is 5.92. The Kier molecular flexibility index (Phi) is 4.68. The summed E-state index contributed by atoms with van der Waals surface area (Å²) in [7, 11) is 1.54. The summed E-state index contributed by atoms with van der Waals surface area (Å²) in [6.07, 6.45) is -3.97. The molecule has 0 saturated heterocycles. The number of nitrogens with one attached hydrogen (secondary N) is 2. The van der Waals surface area contributed by atoms with Crippen molar-refractivity contribution in [1.29, 1.82) is 0 Å². The lowest BCUT2D eigenvalue weighted by Gasteiger charge is -2.14. The number of amides is 1. The molecule has 13 heavy (non-hydrogen) atoms. The Morgan fingerprint density at radius 1 is 1.38 bits per heavy atom. The Bertz CT molecular complexity index is 174. The van der Waals surface area contributed by atoms with Gasteiger partial charge in [-0.2, -0.15) is 8.78 Å². The highest BCUT2D eigenvalue weighted by molar-refractivity contribution is 5.83. The smallest absolute Gasteiger partial charge is 0.349 e. The Hall–Kier alpha value is -0.850. The van der Waals surface area contributed by atoms with Gasteiger partial charge in [0.25, 0.3) is 5.91 Å². The molecule has 0 aliphatic rings. The molecule has 0 spiro atoms. The van der Waals surface area contributed by atoms with Gasteiger partial charge in [0.15, 0.2) is 0 Å². The molecule has 0 aliphatic heterocycles. The van der Waals surface area contributed by atoms with Crippen LogP contribution in [0.2, 0.25) is 0 Å². The summed E-state index contributed by atoms with van der Waals surface area (Å²) in [6, 6.07) is 0. The zero-order valence-electron chi connectivity index (χ0n) is 6.91. The van der Waals surface area contributed by atoms with Crippen molar-refractivity contribution in [2.24, 2.45) is 0 Å². The number of carbonyl (C=O) groups is 1. The van der Waals surface area contributed by atoms with Gasteiger partial charge in [0.05, 0.1) is 0 Å². The van der Waals surface area contributed by atoms with E-state index in [0.717, 1.165) is 0 Å². The van der Waals surface area contributed by atoms with Crippen LogP contribution in [0.3, 0.4) is 0 Å². The average Bonchev–Trinajstić information content (AvgIpc) is 2.04. The van der Waals surface area contributed by atoms with Crippen molar-refractivity contribution in [2.45, 2.75) is 12.3 Å². The Balaban J connectivity index is 3.95. The van der Waals surface area contributed by atoms with Gasteiger partial charge in [-0.25, -0.2) is 8.78 Å². The molecule has 0 rings (SSSR count). The van der Waals surface area contributed by atoms with Crippen LogP contribution in [0.1, 0.15) is 0 Å². The summed E-state index contributed by atoms with van der Waals surface area (Å²) in [5, 5.41) is 4.23. The topological polar surface area (TPSA) is 41.1 Å². The van der Waals surface area contributed by atoms with Crippen molar-refractivity contribution >= 4 is 5.91 Å². The second-order valence-corrected chi connectivity index (χ2v) is 2.28. The van der Waals surface area contributed by atoms with Gasteiger partial charge in [0.1, 0.15) is 0 Å². The molecule has 0 bridgehead atoms. The number of hydrogen-bond acceptors (Lipinski definition) is 2. The highest BCUT2D eigenvalue weighted by atomic mass is 19.3. The number of likely N-dealkylation sites (N-methyl/N-ethyl adjacent to an activating group) is 1. The molecule has 0 saturated carbocycles. The van der Waals surface area contributed by atoms with E-state index in [4.69, 9.17) is 0 Å². The molecule has 0 heterocycles. The standard InChI is InChI=1S/C6H10F4N2O/c1-11-2-3-12-5(13)6(9,10)4(7)8/h4,11H,2-3H2,1H3,(H,12,13). The minimum atomic E-state index is -4.60. The molecule has 0 atom stereocenters. The Labute approximate surface area is 72.5 Å². The van der Waals surface area contributed by atoms with Crippen LogP contribution in [-0.2, 0) is 4.79 Å². The first-order valence-electron chi connectivity index (χ1n) is 3.51. The van der Waals surface area contributed by atoms with Crippen molar-refractivity contribution in [3.8, 4) is 0 Å². The molecule has 2 N–H and O–H groups in total. The maximum Gasteiger partial charge on any atom is 0.383 e. The number of carbonyl (C=O) groups excluding carboxylic acids is 1. The summed E-state index contributed by atoms with van der Waals surface area (Å²) >= 11 is 0. The number of rotatable bonds is 5. The van der Waals surface area contributed by atoms with Gasteiger partial charge in [-0.3, -0.25) is 4.79 Å². The summed E-state index contributed by atoms with van der Waals surface area (Å²) in [4.78, 5) is 10.4. The highest BCUT2D eigenvalue weighted by Gasteiger charge is 2.48. The summed E-state index contributed by atoms with van der Waals surface area (Å²) in [5.41, 5.74) is 0. The van der Waals surface area contributed by atoms with E-state index >= 15 is 0 Å². The van der Waals surface area contributed by atoms with Gasteiger partial charge in [0.2, 0.25) is 0 Å². The first kappa shape index (κ1) is 12.2. The quantitative estimate of drug-likeness (QED) is 0.494. The third-order valence-corrected chi connectivity index (χ3v) is 1.24. The van der Waals surface area contributed by atoms with Gasteiger partial charge in [-0.05, 0) is 7.05 Å². The van der Waals surface area contributed by atoms with E-state index in [1.165, 1.54) is 7.05 Å². The molecule has 0 unspecified atom stereocenters. The third-order valence-electron chi connectivity index (χ3n) is 1.24. The van der Waals surface area contributed by atoms with Crippen LogP contribution in [0.25, 0.3) is 0 Å². The van der Waals surface area contributed by atoms with Crippen molar-refractivity contribution in [3.63, 3.8) is 0 Å². The molecule has 3 nitrogen and oxygen atoms in total. The molecule has 0 radical (unpaired) electrons. The molecule has 0 aromatic carbocycles. The Morgan fingerprint density at radius 3 is 2.31 bits per heavy atom. The summed E-state index contributed by atoms with van der Waals surface area (Å²) in [5.74, 6) is -6.55. The lowest BCUT2D eigenvalue weighted by Crippen LogP contribution is -2.46. The second kappa shape index (κ2) is 5.00. The van der Waals surface area contributed by atoms with E-state index in [2.05, 4.69) is 5.32 Å². The van der Waals surface area contributed by atoms with E-state index in [-0.39, 0.29) is 13.1 Å². The average molecular weight is 202 g/mol. The Morgan fingerprint density at radius 2 is 1.92 bits per heavy atom. The van der Waals surface area contributed by atoms with Crippen LogP contribution in [-0.4, -0.2) is 38.4 Å². The van der Waals surface area contributed by atoms with E-state index in [1.807, 2.05) is 0 Å². The first-order valence-corrected chi connectivity index (χ1v) is 3.51. The van der Waals surface area contributed by atoms with Crippen molar-refractivity contribution in [3.05, 3.63) is 0 Å². The predicted molar refractivity (Wildman–Crippen MR) is 37.9 cm³/mol. The maximum absolute atomic E-state index is 12.2. The van der Waals surface area contributed by atoms with E-state index in [9.17, 15) is 22.4 Å². The van der Waals surface area contributed by atoms with Crippen molar-refractivity contribution in [2.75, 3.05) is 20.1 Å². The zero-order valence-corrected chi connectivity index (χ0v) is 6.91. The fourth-order valence-electron chi connectivity index (χ4n) is 0.518. The van der Waals surface area contributed by atoms with Gasteiger partial charge in [0, 0.05) is 13.1 Å². The largest absolute Gasteiger partial charge is 0.383 e. The van der Waals surface area contributed by atoms with Gasteiger partial charge in [-0.1, -0.05) is 0 Å². The van der Waals surface area contributed by atoms with E-state index in [1.54, 1.807) is 5.32 Å². The minimum Gasteiger partial charge on any atom is -0.349 e. The van der Waals surface area contributed by atoms with Gasteiger partial charge >= 0.3 is 12.3 Å². The molecule has 0 aliphatic carbocycles. The summed E-state index contributed by atoms with van der Waals surface area (Å²) < 4.78 is 47.5. The van der Waals surface area contributed by atoms with Crippen LogP contribution >= 0.6 is 0 Å². The number of halogens is 4. The van der Waals surface area contributed by atoms with E-state index in [0.29, 0.717) is 0 Å². The maximum atomic E-state index is 12.2. The number of alkyl halides is 4. The van der Waals surface area contributed by atoms with Crippen LogP contribution in [0.5, 0.6) is 0 Å². The molecular formula is C6H10F4N2O. The predicted octanol–water partition coefficient (Wildman–Crippen LogP) is 0.222. The fourth-order valence-corrected chi connectivity index (χ4v) is 0.518. The fraction of sp³-hybridized carbons (Fsp3) is 0.833. The summed E-state index contributed by atoms with van der Waals surface area (Å²) in [6.45, 7) is 0.128. The monoisotopic (exact) mass is 202 g/mol. The molecule has 0 aromatic rings.